The van der Waals surface area contributed by atoms with Crippen LogP contribution in [0.25, 0.3) is 0 Å². The van der Waals surface area contributed by atoms with Gasteiger partial charge < -0.3 is 54.6 Å². The predicted octanol–water partition coefficient (Wildman–Crippen LogP) is -4.30. The van der Waals surface area contributed by atoms with Crippen molar-refractivity contribution < 1.29 is 68.1 Å². The van der Waals surface area contributed by atoms with Gasteiger partial charge in [-0.15, -0.1) is 0 Å². The summed E-state index contributed by atoms with van der Waals surface area (Å²) >= 11 is 0. The van der Waals surface area contributed by atoms with Crippen molar-refractivity contribution in [1.82, 2.24) is 0 Å². The van der Waals surface area contributed by atoms with Gasteiger partial charge in [0.15, 0.2) is 18.8 Å². The quantitative estimate of drug-likeness (QED) is 0.190. The summed E-state index contributed by atoms with van der Waals surface area (Å²) in [6.45, 7) is -1.70. The Kier molecular flexibility index (Phi) is 7.66. The fourth-order valence-corrected chi connectivity index (χ4v) is 2.97. The van der Waals surface area contributed by atoms with Crippen LogP contribution in [-0.4, -0.2) is 115 Å². The van der Waals surface area contributed by atoms with E-state index in [-0.39, 0.29) is 0 Å². The van der Waals surface area contributed by atoms with E-state index in [0.717, 1.165) is 0 Å². The molecule has 2 heterocycles. The zero-order valence-electron chi connectivity index (χ0n) is 13.6. The Morgan fingerprint density at radius 2 is 1.41 bits per heavy atom. The molecule has 0 aromatic heterocycles. The molecule has 0 aromatic rings. The summed E-state index contributed by atoms with van der Waals surface area (Å²) in [6, 6.07) is 0. The number of alkyl halides is 1. The fraction of sp³-hybridized carbons (Fsp3) is 1.00. The molecule has 0 saturated carbocycles. The molecule has 0 radical (unpaired) electrons. The summed E-state index contributed by atoms with van der Waals surface area (Å²) in [5.74, 6) is 0. The van der Waals surface area contributed by atoms with Gasteiger partial charge in [0.1, 0.15) is 42.7 Å². The van der Waals surface area contributed by atoms with Crippen molar-refractivity contribution in [2.45, 2.75) is 61.5 Å². The van der Waals surface area contributed by atoms with Gasteiger partial charge in [0.25, 0.3) is 0 Å². The van der Waals surface area contributed by atoms with Crippen molar-refractivity contribution in [3.63, 3.8) is 0 Å². The van der Waals surface area contributed by atoms with E-state index in [1.807, 2.05) is 0 Å². The fourth-order valence-electron chi connectivity index (χ4n) is 2.62. The SMILES string of the molecule is O=P(O)(O)OCC1O[C@H](O[C@H]2OC(CO)[C@@H](O)C(O)C2O)C(F)C(O)[C@@H]1O. The molecule has 27 heavy (non-hydrogen) atoms. The molecule has 13 nitrogen and oxygen atoms in total. The summed E-state index contributed by atoms with van der Waals surface area (Å²) in [7, 11) is -4.95. The molecule has 160 valence electrons. The summed E-state index contributed by atoms with van der Waals surface area (Å²) in [5.41, 5.74) is 0. The molecule has 0 bridgehead atoms. The van der Waals surface area contributed by atoms with Gasteiger partial charge in [0.05, 0.1) is 13.2 Å². The second-order valence-electron chi connectivity index (χ2n) is 6.09. The third-order valence-electron chi connectivity index (χ3n) is 4.15. The number of halogens is 1. The molecule has 0 amide bonds. The van der Waals surface area contributed by atoms with Crippen molar-refractivity contribution >= 4 is 7.82 Å². The Hall–Kier alpha value is -0.320. The second kappa shape index (κ2) is 9.00. The van der Waals surface area contributed by atoms with E-state index in [1.165, 1.54) is 0 Å². The van der Waals surface area contributed by atoms with Crippen LogP contribution in [0.4, 0.5) is 4.39 Å². The van der Waals surface area contributed by atoms with Gasteiger partial charge in [-0.3, -0.25) is 4.52 Å². The van der Waals surface area contributed by atoms with Gasteiger partial charge >= 0.3 is 7.82 Å². The number of aliphatic hydroxyl groups is 6. The molecule has 10 atom stereocenters. The maximum atomic E-state index is 14.2. The molecule has 2 saturated heterocycles. The van der Waals surface area contributed by atoms with Crippen LogP contribution < -0.4 is 0 Å². The van der Waals surface area contributed by atoms with E-state index in [0.29, 0.717) is 0 Å². The molecule has 2 rings (SSSR count). The number of aliphatic hydroxyl groups excluding tert-OH is 6. The van der Waals surface area contributed by atoms with Crippen molar-refractivity contribution in [3.05, 3.63) is 0 Å². The number of phosphoric acid groups is 1. The Bertz CT molecular complexity index is 531. The summed E-state index contributed by atoms with van der Waals surface area (Å²) < 4.78 is 44.1. The van der Waals surface area contributed by atoms with Crippen LogP contribution in [0, 0.1) is 0 Å². The second-order valence-corrected chi connectivity index (χ2v) is 7.33. The van der Waals surface area contributed by atoms with E-state index in [2.05, 4.69) is 4.52 Å². The monoisotopic (exact) mass is 424 g/mol. The molecule has 6 unspecified atom stereocenters. The summed E-state index contributed by atoms with van der Waals surface area (Å²) in [5, 5.41) is 57.8. The lowest BCUT2D eigenvalue weighted by molar-refractivity contribution is -0.370. The Morgan fingerprint density at radius 1 is 0.852 bits per heavy atom. The van der Waals surface area contributed by atoms with Crippen LogP contribution in [0.2, 0.25) is 0 Å². The normalized spacial score (nSPS) is 46.4. The minimum atomic E-state index is -4.95. The number of hydrogen-bond donors (Lipinski definition) is 8. The number of rotatable bonds is 6. The van der Waals surface area contributed by atoms with Crippen molar-refractivity contribution in [3.8, 4) is 0 Å². The number of ether oxygens (including phenoxy) is 3. The standard InChI is InChI=1S/C12H22FO13P/c13-5-8(17)7(16)4(2-23-27(20,21)22)25-11(5)26-12-10(19)9(18)6(15)3(1-14)24-12/h3-12,14-19H,1-2H2,(H2,20,21,22)/t3?,4?,5?,6-,7-,8?,9?,10?,11-,12-/m1/s1. The maximum absolute atomic E-state index is 14.2. The average molecular weight is 424 g/mol. The first-order valence-electron chi connectivity index (χ1n) is 7.78. The minimum absolute atomic E-state index is 0.768. The molecule has 2 aliphatic rings. The minimum Gasteiger partial charge on any atom is -0.394 e. The lowest BCUT2D eigenvalue weighted by atomic mass is 9.98. The number of phosphoric ester groups is 1. The molecule has 0 spiro atoms. The van der Waals surface area contributed by atoms with Crippen LogP contribution in [0.1, 0.15) is 0 Å². The lowest BCUT2D eigenvalue weighted by Gasteiger charge is -2.44. The first kappa shape index (κ1) is 23.0. The number of hydrogen-bond acceptors (Lipinski definition) is 11. The van der Waals surface area contributed by atoms with Gasteiger partial charge in [-0.05, 0) is 0 Å². The molecule has 0 aromatic carbocycles. The summed E-state index contributed by atoms with van der Waals surface area (Å²) in [6.07, 6.45) is -18.5. The van der Waals surface area contributed by atoms with E-state index in [1.54, 1.807) is 0 Å². The molecule has 0 aliphatic carbocycles. The third-order valence-corrected chi connectivity index (χ3v) is 4.64. The molecular weight excluding hydrogens is 402 g/mol. The molecular formula is C12H22FO13P. The maximum Gasteiger partial charge on any atom is 0.469 e. The highest BCUT2D eigenvalue weighted by Crippen LogP contribution is 2.37. The van der Waals surface area contributed by atoms with E-state index < -0.39 is 82.5 Å². The Balaban J connectivity index is 2.08. The Labute approximate surface area is 151 Å². The highest BCUT2D eigenvalue weighted by Gasteiger charge is 2.50. The van der Waals surface area contributed by atoms with E-state index in [4.69, 9.17) is 29.1 Å². The van der Waals surface area contributed by atoms with Gasteiger partial charge in [-0.2, -0.15) is 0 Å². The highest BCUT2D eigenvalue weighted by molar-refractivity contribution is 7.46. The Morgan fingerprint density at radius 3 is 1.96 bits per heavy atom. The van der Waals surface area contributed by atoms with Crippen LogP contribution >= 0.6 is 7.82 Å². The zero-order valence-corrected chi connectivity index (χ0v) is 14.5. The first-order valence-corrected chi connectivity index (χ1v) is 9.31. The van der Waals surface area contributed by atoms with Crippen molar-refractivity contribution in [1.29, 1.82) is 0 Å². The molecule has 2 fully saturated rings. The van der Waals surface area contributed by atoms with Gasteiger partial charge in [-0.1, -0.05) is 0 Å². The lowest BCUT2D eigenvalue weighted by Crippen LogP contribution is -2.63. The van der Waals surface area contributed by atoms with Crippen LogP contribution in [0.15, 0.2) is 0 Å². The average Bonchev–Trinajstić information content (AvgIpc) is 2.60. The largest absolute Gasteiger partial charge is 0.469 e. The van der Waals surface area contributed by atoms with Gasteiger partial charge in [-0.25, -0.2) is 8.96 Å². The van der Waals surface area contributed by atoms with E-state index in [9.17, 15) is 34.5 Å². The molecule has 2 aliphatic heterocycles. The highest BCUT2D eigenvalue weighted by atomic mass is 31.2. The van der Waals surface area contributed by atoms with Crippen LogP contribution in [-0.2, 0) is 23.3 Å². The predicted molar refractivity (Wildman–Crippen MR) is 78.4 cm³/mol. The van der Waals surface area contributed by atoms with Gasteiger partial charge in [0, 0.05) is 0 Å². The van der Waals surface area contributed by atoms with Crippen LogP contribution in [0.5, 0.6) is 0 Å². The zero-order chi connectivity index (χ0) is 20.5. The molecule has 8 N–H and O–H groups in total. The molecule has 15 heteroatoms. The smallest absolute Gasteiger partial charge is 0.394 e. The van der Waals surface area contributed by atoms with Crippen molar-refractivity contribution in [2.75, 3.05) is 13.2 Å². The topological polar surface area (TPSA) is 216 Å². The first-order chi connectivity index (χ1) is 12.5. The van der Waals surface area contributed by atoms with Gasteiger partial charge in [0.2, 0.25) is 0 Å². The summed E-state index contributed by atoms with van der Waals surface area (Å²) in [4.78, 5) is 17.4. The van der Waals surface area contributed by atoms with E-state index >= 15 is 0 Å². The third kappa shape index (κ3) is 5.39. The van der Waals surface area contributed by atoms with Crippen molar-refractivity contribution in [2.24, 2.45) is 0 Å². The van der Waals surface area contributed by atoms with Crippen LogP contribution in [0.3, 0.4) is 0 Å².